The van der Waals surface area contributed by atoms with E-state index >= 15 is 0 Å². The first-order valence-corrected chi connectivity index (χ1v) is 6.26. The maximum absolute atomic E-state index is 10.6. The highest BCUT2D eigenvalue weighted by Gasteiger charge is 2.08. The Balaban J connectivity index is -0.000000163. The Labute approximate surface area is 116 Å². The number of carbonyl (C=O) groups is 3. The van der Waals surface area contributed by atoms with Gasteiger partial charge in [-0.05, 0) is 0 Å². The molecule has 0 atom stereocenters. The Morgan fingerprint density at radius 3 is 1.53 bits per heavy atom. The van der Waals surface area contributed by atoms with E-state index in [9.17, 15) is 14.4 Å². The van der Waals surface area contributed by atoms with Crippen molar-refractivity contribution >= 4 is 17.9 Å². The highest BCUT2D eigenvalue weighted by atomic mass is 16.6. The third kappa shape index (κ3) is 26.0. The fourth-order valence-corrected chi connectivity index (χ4v) is 0.372. The van der Waals surface area contributed by atoms with Gasteiger partial charge in [-0.3, -0.25) is 0 Å². The molecular weight excluding hydrogens is 248 g/mol. The zero-order valence-electron chi connectivity index (χ0n) is 12.8. The maximum Gasteiger partial charge on any atom is 0.352 e. The average Bonchev–Trinajstić information content (AvgIpc) is 2.50. The van der Waals surface area contributed by atoms with Gasteiger partial charge < -0.3 is 9.47 Å². The molecule has 19 heavy (non-hydrogen) atoms. The standard InChI is InChI=1S/C8H8O5.3C2H6/c1-3-6(9)12-5-8(11)13-7(10)4-2;3*1-2/h3-4H,1-2,5H2;3*1-2H3. The molecule has 0 aliphatic rings. The molecule has 0 fully saturated rings. The van der Waals surface area contributed by atoms with Crippen LogP contribution in [0.3, 0.4) is 0 Å². The number of ether oxygens (including phenoxy) is 2. The summed E-state index contributed by atoms with van der Waals surface area (Å²) in [6.07, 6.45) is 1.72. The van der Waals surface area contributed by atoms with Crippen LogP contribution in [-0.2, 0) is 23.9 Å². The van der Waals surface area contributed by atoms with Gasteiger partial charge in [0.25, 0.3) is 0 Å². The lowest BCUT2D eigenvalue weighted by Gasteiger charge is -1.99. The molecule has 5 heteroatoms. The molecule has 0 aromatic rings. The van der Waals surface area contributed by atoms with Gasteiger partial charge >= 0.3 is 17.9 Å². The van der Waals surface area contributed by atoms with Crippen molar-refractivity contribution in [2.45, 2.75) is 41.5 Å². The first kappa shape index (κ1) is 25.8. The van der Waals surface area contributed by atoms with Crippen LogP contribution in [0.15, 0.2) is 25.3 Å². The monoisotopic (exact) mass is 274 g/mol. The lowest BCUT2D eigenvalue weighted by molar-refractivity contribution is -0.163. The van der Waals surface area contributed by atoms with Crippen molar-refractivity contribution in [3.8, 4) is 0 Å². The second kappa shape index (κ2) is 25.1. The van der Waals surface area contributed by atoms with E-state index < -0.39 is 24.5 Å². The Hall–Kier alpha value is -1.91. The lowest BCUT2D eigenvalue weighted by Crippen LogP contribution is -2.17. The van der Waals surface area contributed by atoms with Crippen LogP contribution < -0.4 is 0 Å². The molecule has 0 saturated heterocycles. The summed E-state index contributed by atoms with van der Waals surface area (Å²) in [7, 11) is 0. The molecule has 0 aliphatic heterocycles. The predicted molar refractivity (Wildman–Crippen MR) is 76.5 cm³/mol. The Kier molecular flexibility index (Phi) is 34.1. The smallest absolute Gasteiger partial charge is 0.352 e. The predicted octanol–water partition coefficient (Wildman–Crippen LogP) is 3.05. The Bertz CT molecular complexity index is 257. The number of rotatable bonds is 4. The summed E-state index contributed by atoms with van der Waals surface area (Å²) < 4.78 is 8.37. The summed E-state index contributed by atoms with van der Waals surface area (Å²) in [5, 5.41) is 0. The van der Waals surface area contributed by atoms with Gasteiger partial charge in [0.05, 0.1) is 0 Å². The SMILES string of the molecule is C=CC(=O)OCC(=O)OC(=O)C=C.CC.CC.CC. The summed E-state index contributed by atoms with van der Waals surface area (Å²) >= 11 is 0. The van der Waals surface area contributed by atoms with Crippen molar-refractivity contribution < 1.29 is 23.9 Å². The zero-order valence-corrected chi connectivity index (χ0v) is 12.8. The van der Waals surface area contributed by atoms with Crippen molar-refractivity contribution in [1.82, 2.24) is 0 Å². The molecule has 0 aliphatic carbocycles. The topological polar surface area (TPSA) is 69.7 Å². The first-order valence-electron chi connectivity index (χ1n) is 6.26. The first-order chi connectivity index (χ1) is 9.10. The molecule has 112 valence electrons. The highest BCUT2D eigenvalue weighted by Crippen LogP contribution is 1.85. The van der Waals surface area contributed by atoms with Crippen LogP contribution in [0.4, 0.5) is 0 Å². The summed E-state index contributed by atoms with van der Waals surface area (Å²) in [6, 6.07) is 0. The van der Waals surface area contributed by atoms with Crippen molar-refractivity contribution in [3.05, 3.63) is 25.3 Å². The van der Waals surface area contributed by atoms with E-state index in [1.807, 2.05) is 41.5 Å². The molecule has 0 saturated carbocycles. The van der Waals surface area contributed by atoms with Crippen LogP contribution in [0, 0.1) is 0 Å². The van der Waals surface area contributed by atoms with Crippen LogP contribution in [0.1, 0.15) is 41.5 Å². The van der Waals surface area contributed by atoms with E-state index in [1.54, 1.807) is 0 Å². The van der Waals surface area contributed by atoms with Crippen LogP contribution in [0.25, 0.3) is 0 Å². The van der Waals surface area contributed by atoms with E-state index in [0.717, 1.165) is 12.2 Å². The third-order valence-corrected chi connectivity index (χ3v) is 0.880. The normalized spacial score (nSPS) is 6.63. The minimum absolute atomic E-state index is 0.621. The van der Waals surface area contributed by atoms with Crippen molar-refractivity contribution in [1.29, 1.82) is 0 Å². The fourth-order valence-electron chi connectivity index (χ4n) is 0.372. The number of carbonyl (C=O) groups excluding carboxylic acids is 3. The molecule has 0 heterocycles. The second-order valence-corrected chi connectivity index (χ2v) is 1.81. The number of hydrogen-bond acceptors (Lipinski definition) is 5. The largest absolute Gasteiger partial charge is 0.451 e. The highest BCUT2D eigenvalue weighted by molar-refractivity contribution is 5.93. The minimum Gasteiger partial charge on any atom is -0.451 e. The zero-order chi connectivity index (χ0) is 16.3. The van der Waals surface area contributed by atoms with Gasteiger partial charge in [0.2, 0.25) is 0 Å². The molecule has 0 bridgehead atoms. The second-order valence-electron chi connectivity index (χ2n) is 1.81. The van der Waals surface area contributed by atoms with E-state index in [0.29, 0.717) is 0 Å². The molecule has 0 radical (unpaired) electrons. The molecule has 0 aromatic carbocycles. The molecule has 0 aromatic heterocycles. The molecule has 0 amide bonds. The average molecular weight is 274 g/mol. The molecule has 0 N–H and O–H groups in total. The van der Waals surface area contributed by atoms with Gasteiger partial charge in [-0.25, -0.2) is 14.4 Å². The fraction of sp³-hybridized carbons (Fsp3) is 0.500. The van der Waals surface area contributed by atoms with Gasteiger partial charge in [0, 0.05) is 12.2 Å². The van der Waals surface area contributed by atoms with Gasteiger partial charge in [-0.1, -0.05) is 54.7 Å². The summed E-state index contributed by atoms with van der Waals surface area (Å²) in [4.78, 5) is 31.5. The molecule has 0 rings (SSSR count). The Morgan fingerprint density at radius 2 is 1.21 bits per heavy atom. The van der Waals surface area contributed by atoms with Crippen molar-refractivity contribution in [3.63, 3.8) is 0 Å². The van der Waals surface area contributed by atoms with E-state index in [4.69, 9.17) is 0 Å². The maximum atomic E-state index is 10.6. The van der Waals surface area contributed by atoms with Gasteiger partial charge in [-0.15, -0.1) is 0 Å². The van der Waals surface area contributed by atoms with Gasteiger partial charge in [-0.2, -0.15) is 0 Å². The quantitative estimate of drug-likeness (QED) is 0.447. The van der Waals surface area contributed by atoms with E-state index in [2.05, 4.69) is 22.6 Å². The summed E-state index contributed by atoms with van der Waals surface area (Å²) in [5.74, 6) is -2.61. The van der Waals surface area contributed by atoms with E-state index in [-0.39, 0.29) is 0 Å². The van der Waals surface area contributed by atoms with Crippen LogP contribution >= 0.6 is 0 Å². The molecule has 0 spiro atoms. The lowest BCUT2D eigenvalue weighted by atomic mass is 10.6. The molecular formula is C14H26O5. The number of esters is 3. The minimum atomic E-state index is -0.958. The van der Waals surface area contributed by atoms with Crippen LogP contribution in [0.5, 0.6) is 0 Å². The van der Waals surface area contributed by atoms with Gasteiger partial charge in [0.1, 0.15) is 0 Å². The van der Waals surface area contributed by atoms with Crippen LogP contribution in [0.2, 0.25) is 0 Å². The van der Waals surface area contributed by atoms with E-state index in [1.165, 1.54) is 0 Å². The van der Waals surface area contributed by atoms with Gasteiger partial charge in [0.15, 0.2) is 6.61 Å². The van der Waals surface area contributed by atoms with Crippen molar-refractivity contribution in [2.24, 2.45) is 0 Å². The van der Waals surface area contributed by atoms with Crippen LogP contribution in [-0.4, -0.2) is 24.5 Å². The summed E-state index contributed by atoms with van der Waals surface area (Å²) in [6.45, 7) is 17.6. The molecule has 0 unspecified atom stereocenters. The van der Waals surface area contributed by atoms with Crippen molar-refractivity contribution in [2.75, 3.05) is 6.61 Å². The Morgan fingerprint density at radius 1 is 0.842 bits per heavy atom. The number of hydrogen-bond donors (Lipinski definition) is 0. The molecule has 5 nitrogen and oxygen atoms in total. The summed E-state index contributed by atoms with van der Waals surface area (Å²) in [5.41, 5.74) is 0. The third-order valence-electron chi connectivity index (χ3n) is 0.880.